The third-order valence-electron chi connectivity index (χ3n) is 4.25. The van der Waals surface area contributed by atoms with Crippen LogP contribution < -0.4 is 0 Å². The Labute approximate surface area is 153 Å². The minimum absolute atomic E-state index is 0.187. The summed E-state index contributed by atoms with van der Waals surface area (Å²) in [6, 6.07) is 0. The van der Waals surface area contributed by atoms with Gasteiger partial charge < -0.3 is 19.9 Å². The van der Waals surface area contributed by atoms with Crippen LogP contribution >= 0.6 is 0 Å². The molecule has 10 heteroatoms. The van der Waals surface area contributed by atoms with Crippen LogP contribution in [0.3, 0.4) is 0 Å². The molecular weight excluding hydrogens is 344 g/mol. The van der Waals surface area contributed by atoms with Crippen molar-refractivity contribution in [3.05, 3.63) is 0 Å². The number of nitrogens with zero attached hydrogens (tertiary/aromatic N) is 4. The minimum atomic E-state index is -0.334. The van der Waals surface area contributed by atoms with E-state index in [0.717, 1.165) is 26.2 Å². The molecule has 1 aliphatic rings. The molecular formula is C16H28N4O6. The summed E-state index contributed by atoms with van der Waals surface area (Å²) in [5.41, 5.74) is 1.08. The fourth-order valence-electron chi connectivity index (χ4n) is 2.64. The lowest BCUT2D eigenvalue weighted by atomic mass is 10.1. The van der Waals surface area contributed by atoms with E-state index < -0.39 is 0 Å². The number of hydrogen-bond donors (Lipinski definition) is 2. The van der Waals surface area contributed by atoms with Crippen LogP contribution in [0.15, 0.2) is 10.3 Å². The molecule has 0 atom stereocenters. The van der Waals surface area contributed by atoms with Crippen molar-refractivity contribution in [2.45, 2.75) is 25.7 Å². The number of piperazine rings is 1. The molecule has 0 amide bonds. The van der Waals surface area contributed by atoms with Crippen molar-refractivity contribution in [3.63, 3.8) is 0 Å². The van der Waals surface area contributed by atoms with E-state index in [9.17, 15) is 9.59 Å². The van der Waals surface area contributed by atoms with Crippen LogP contribution in [0.2, 0.25) is 0 Å². The summed E-state index contributed by atoms with van der Waals surface area (Å²) in [6.07, 6.45) is 1.09. The SMILES string of the molecule is COC(=O)CC/C(CN1CCN(C/C(CCC(=O)OC)=N/O)CC1)=N\O. The summed E-state index contributed by atoms with van der Waals surface area (Å²) in [7, 11) is 2.65. The Bertz CT molecular complexity index is 469. The zero-order chi connectivity index (χ0) is 19.4. The second-order valence-corrected chi connectivity index (χ2v) is 6.04. The van der Waals surface area contributed by atoms with E-state index in [2.05, 4.69) is 29.6 Å². The van der Waals surface area contributed by atoms with Gasteiger partial charge in [-0.05, 0) is 0 Å². The molecule has 0 aromatic heterocycles. The van der Waals surface area contributed by atoms with E-state index in [1.807, 2.05) is 0 Å². The molecule has 1 heterocycles. The Morgan fingerprint density at radius 1 is 0.769 bits per heavy atom. The van der Waals surface area contributed by atoms with Gasteiger partial charge in [0.05, 0.1) is 38.5 Å². The Hall–Kier alpha value is -2.20. The van der Waals surface area contributed by atoms with Crippen molar-refractivity contribution in [1.82, 2.24) is 9.80 Å². The molecule has 1 rings (SSSR count). The quantitative estimate of drug-likeness (QED) is 0.241. The van der Waals surface area contributed by atoms with Crippen molar-refractivity contribution in [3.8, 4) is 0 Å². The fraction of sp³-hybridized carbons (Fsp3) is 0.750. The summed E-state index contributed by atoms with van der Waals surface area (Å²) in [6.45, 7) is 4.01. The molecule has 1 fully saturated rings. The Balaban J connectivity index is 2.34. The first-order valence-corrected chi connectivity index (χ1v) is 8.50. The molecule has 0 radical (unpaired) electrons. The van der Waals surface area contributed by atoms with Crippen molar-refractivity contribution < 1.29 is 29.5 Å². The van der Waals surface area contributed by atoms with E-state index in [1.165, 1.54) is 14.2 Å². The van der Waals surface area contributed by atoms with Gasteiger partial charge in [-0.3, -0.25) is 19.4 Å². The van der Waals surface area contributed by atoms with Crippen molar-refractivity contribution in [1.29, 1.82) is 0 Å². The van der Waals surface area contributed by atoms with E-state index in [0.29, 0.717) is 37.4 Å². The average molecular weight is 372 g/mol. The predicted octanol–water partition coefficient (Wildman–Crippen LogP) is 0.171. The number of oxime groups is 2. The lowest BCUT2D eigenvalue weighted by Gasteiger charge is -2.34. The Morgan fingerprint density at radius 2 is 1.12 bits per heavy atom. The number of carbonyl (C=O) groups excluding carboxylic acids is 2. The second-order valence-electron chi connectivity index (χ2n) is 6.04. The normalized spacial score (nSPS) is 17.2. The summed E-state index contributed by atoms with van der Waals surface area (Å²) in [5.74, 6) is -0.669. The maximum Gasteiger partial charge on any atom is 0.305 e. The number of rotatable bonds is 10. The van der Waals surface area contributed by atoms with Gasteiger partial charge in [0.15, 0.2) is 0 Å². The molecule has 1 aliphatic heterocycles. The van der Waals surface area contributed by atoms with Gasteiger partial charge in [0.25, 0.3) is 0 Å². The van der Waals surface area contributed by atoms with Gasteiger partial charge in [0, 0.05) is 52.1 Å². The van der Waals surface area contributed by atoms with Gasteiger partial charge in [-0.1, -0.05) is 10.3 Å². The van der Waals surface area contributed by atoms with Crippen LogP contribution in [0, 0.1) is 0 Å². The number of esters is 2. The lowest BCUT2D eigenvalue weighted by molar-refractivity contribution is -0.141. The van der Waals surface area contributed by atoms with Crippen LogP contribution in [0.5, 0.6) is 0 Å². The van der Waals surface area contributed by atoms with Gasteiger partial charge in [-0.25, -0.2) is 0 Å². The van der Waals surface area contributed by atoms with Crippen molar-refractivity contribution in [2.24, 2.45) is 10.3 Å². The highest BCUT2D eigenvalue weighted by Gasteiger charge is 2.20. The van der Waals surface area contributed by atoms with Crippen LogP contribution in [0.25, 0.3) is 0 Å². The second kappa shape index (κ2) is 12.2. The van der Waals surface area contributed by atoms with Crippen molar-refractivity contribution in [2.75, 3.05) is 53.5 Å². The maximum absolute atomic E-state index is 11.2. The zero-order valence-electron chi connectivity index (χ0n) is 15.4. The van der Waals surface area contributed by atoms with Gasteiger partial charge >= 0.3 is 11.9 Å². The number of hydrogen-bond acceptors (Lipinski definition) is 10. The highest BCUT2D eigenvalue weighted by molar-refractivity contribution is 5.89. The topological polar surface area (TPSA) is 124 Å². The van der Waals surface area contributed by atoms with Gasteiger partial charge in [0.1, 0.15) is 0 Å². The van der Waals surface area contributed by atoms with Gasteiger partial charge in [-0.2, -0.15) is 0 Å². The first-order chi connectivity index (χ1) is 12.5. The molecule has 1 saturated heterocycles. The summed E-state index contributed by atoms with van der Waals surface area (Å²) >= 11 is 0. The minimum Gasteiger partial charge on any atom is -0.469 e. The van der Waals surface area contributed by atoms with Gasteiger partial charge in [0.2, 0.25) is 0 Å². The number of methoxy groups -OCH3 is 2. The standard InChI is InChI=1S/C16H28N4O6/c1-25-15(21)5-3-13(17-23)11-19-7-9-20(10-8-19)12-14(18-24)4-6-16(22)26-2/h23-24H,3-12H2,1-2H3/b17-13+,18-14+. The zero-order valence-corrected chi connectivity index (χ0v) is 15.4. The molecule has 148 valence electrons. The highest BCUT2D eigenvalue weighted by Crippen LogP contribution is 2.06. The molecule has 0 aromatic rings. The largest absolute Gasteiger partial charge is 0.469 e. The van der Waals surface area contributed by atoms with Crippen LogP contribution in [-0.2, 0) is 19.1 Å². The molecule has 2 N–H and O–H groups in total. The fourth-order valence-corrected chi connectivity index (χ4v) is 2.64. The molecule has 0 spiro atoms. The first-order valence-electron chi connectivity index (χ1n) is 8.50. The van der Waals surface area contributed by atoms with E-state index >= 15 is 0 Å². The molecule has 0 aromatic carbocycles. The van der Waals surface area contributed by atoms with E-state index in [1.54, 1.807) is 0 Å². The molecule has 0 aliphatic carbocycles. The summed E-state index contributed by atoms with van der Waals surface area (Å²) in [5, 5.41) is 24.7. The Kier molecular flexibility index (Phi) is 10.3. The smallest absolute Gasteiger partial charge is 0.305 e. The third kappa shape index (κ3) is 8.26. The van der Waals surface area contributed by atoms with E-state index in [-0.39, 0.29) is 24.8 Å². The Morgan fingerprint density at radius 3 is 1.38 bits per heavy atom. The monoisotopic (exact) mass is 372 g/mol. The number of carbonyl (C=O) groups is 2. The molecule has 0 saturated carbocycles. The van der Waals surface area contributed by atoms with Gasteiger partial charge in [-0.15, -0.1) is 0 Å². The average Bonchev–Trinajstić information content (AvgIpc) is 2.68. The highest BCUT2D eigenvalue weighted by atomic mass is 16.5. The number of ether oxygens (including phenoxy) is 2. The summed E-state index contributed by atoms with van der Waals surface area (Å²) in [4.78, 5) is 26.6. The maximum atomic E-state index is 11.2. The third-order valence-corrected chi connectivity index (χ3v) is 4.25. The van der Waals surface area contributed by atoms with Crippen LogP contribution in [0.4, 0.5) is 0 Å². The molecule has 26 heavy (non-hydrogen) atoms. The van der Waals surface area contributed by atoms with Crippen molar-refractivity contribution >= 4 is 23.4 Å². The molecule has 10 nitrogen and oxygen atoms in total. The molecule has 0 unspecified atom stereocenters. The first kappa shape index (κ1) is 21.8. The molecule has 0 bridgehead atoms. The summed E-state index contributed by atoms with van der Waals surface area (Å²) < 4.78 is 9.16. The lowest BCUT2D eigenvalue weighted by Crippen LogP contribution is -2.49. The predicted molar refractivity (Wildman–Crippen MR) is 93.8 cm³/mol. The van der Waals surface area contributed by atoms with Crippen LogP contribution in [0.1, 0.15) is 25.7 Å². The van der Waals surface area contributed by atoms with E-state index in [4.69, 9.17) is 10.4 Å². The van der Waals surface area contributed by atoms with Crippen LogP contribution in [-0.4, -0.2) is 97.1 Å².